The molecule has 0 bridgehead atoms. The van der Waals surface area contributed by atoms with Crippen LogP contribution in [0.3, 0.4) is 0 Å². The van der Waals surface area contributed by atoms with Gasteiger partial charge in [-0.1, -0.05) is 55.0 Å². The lowest BCUT2D eigenvalue weighted by Crippen LogP contribution is -2.36. The maximum Gasteiger partial charge on any atom is 0.449 e. The number of fused-ring (bicyclic) bond motifs is 1. The van der Waals surface area contributed by atoms with Gasteiger partial charge in [0.05, 0.1) is 6.04 Å². The summed E-state index contributed by atoms with van der Waals surface area (Å²) in [6.45, 7) is 2.34. The Bertz CT molecular complexity index is 1190. The molecule has 0 radical (unpaired) electrons. The fourth-order valence-electron chi connectivity index (χ4n) is 4.17. The SMILES string of the molecule is CCCCn1c(C(F)(F)F)nc2sc(N3CCC[C@@H]3C(=O)CCc3ccccc3)nc2c1=O. The second-order valence-electron chi connectivity index (χ2n) is 8.20. The van der Waals surface area contributed by atoms with Crippen molar-refractivity contribution < 1.29 is 18.0 Å². The van der Waals surface area contributed by atoms with Crippen LogP contribution < -0.4 is 10.5 Å². The lowest BCUT2D eigenvalue weighted by atomic mass is 10.0. The van der Waals surface area contributed by atoms with Crippen molar-refractivity contribution in [2.45, 2.75) is 64.2 Å². The smallest absolute Gasteiger partial charge is 0.338 e. The molecule has 1 aromatic carbocycles. The van der Waals surface area contributed by atoms with Gasteiger partial charge in [0.2, 0.25) is 5.82 Å². The van der Waals surface area contributed by atoms with E-state index in [0.717, 1.165) is 23.3 Å². The van der Waals surface area contributed by atoms with Crippen molar-refractivity contribution in [2.75, 3.05) is 11.4 Å². The van der Waals surface area contributed by atoms with Crippen molar-refractivity contribution in [3.8, 4) is 0 Å². The third-order valence-electron chi connectivity index (χ3n) is 5.87. The number of nitrogens with zero attached hydrogens (tertiary/aromatic N) is 4. The van der Waals surface area contributed by atoms with Crippen LogP contribution in [0.25, 0.3) is 10.3 Å². The standard InChI is InChI=1S/C23H25F3N4O2S/c1-2-3-13-30-20(32)18-19(28-21(30)23(24,25)26)33-22(27-18)29-14-7-10-16(29)17(31)12-11-15-8-5-4-6-9-15/h4-6,8-9,16H,2-3,7,10-14H2,1H3/t16-/m1/s1. The van der Waals surface area contributed by atoms with E-state index in [9.17, 15) is 22.8 Å². The van der Waals surface area contributed by atoms with Gasteiger partial charge in [0, 0.05) is 19.5 Å². The first kappa shape index (κ1) is 23.4. The van der Waals surface area contributed by atoms with Crippen LogP contribution in [-0.4, -0.2) is 32.9 Å². The number of alkyl halides is 3. The van der Waals surface area contributed by atoms with Gasteiger partial charge in [0.1, 0.15) is 0 Å². The number of ketones is 1. The number of rotatable bonds is 8. The van der Waals surface area contributed by atoms with Gasteiger partial charge in [-0.15, -0.1) is 0 Å². The molecule has 1 fully saturated rings. The van der Waals surface area contributed by atoms with E-state index in [0.29, 0.717) is 48.3 Å². The van der Waals surface area contributed by atoms with Crippen LogP contribution in [0.15, 0.2) is 35.1 Å². The molecule has 33 heavy (non-hydrogen) atoms. The first-order valence-corrected chi connectivity index (χ1v) is 11.9. The highest BCUT2D eigenvalue weighted by Crippen LogP contribution is 2.34. The third kappa shape index (κ3) is 4.95. The normalized spacial score (nSPS) is 16.6. The molecule has 0 N–H and O–H groups in total. The number of aryl methyl sites for hydroxylation is 1. The summed E-state index contributed by atoms with van der Waals surface area (Å²) in [4.78, 5) is 35.8. The summed E-state index contributed by atoms with van der Waals surface area (Å²) in [5, 5.41) is 0.381. The van der Waals surface area contributed by atoms with Crippen molar-refractivity contribution in [3.63, 3.8) is 0 Å². The Labute approximate surface area is 193 Å². The Hall–Kier alpha value is -2.75. The highest BCUT2D eigenvalue weighted by atomic mass is 32.1. The number of unbranched alkanes of at least 4 members (excludes halogenated alkanes) is 1. The van der Waals surface area contributed by atoms with E-state index in [2.05, 4.69) is 9.97 Å². The van der Waals surface area contributed by atoms with Gasteiger partial charge in [-0.3, -0.25) is 14.2 Å². The Morgan fingerprint density at radius 1 is 1.21 bits per heavy atom. The summed E-state index contributed by atoms with van der Waals surface area (Å²) < 4.78 is 41.5. The molecule has 1 saturated heterocycles. The maximum absolute atomic E-state index is 13.6. The monoisotopic (exact) mass is 478 g/mol. The van der Waals surface area contributed by atoms with Crippen LogP contribution in [0.2, 0.25) is 0 Å². The van der Waals surface area contributed by atoms with E-state index in [1.54, 1.807) is 0 Å². The highest BCUT2D eigenvalue weighted by Gasteiger charge is 2.38. The minimum atomic E-state index is -4.74. The third-order valence-corrected chi connectivity index (χ3v) is 6.86. The Morgan fingerprint density at radius 2 is 1.97 bits per heavy atom. The van der Waals surface area contributed by atoms with E-state index in [4.69, 9.17) is 0 Å². The van der Waals surface area contributed by atoms with Crippen molar-refractivity contribution in [1.29, 1.82) is 0 Å². The van der Waals surface area contributed by atoms with Gasteiger partial charge >= 0.3 is 6.18 Å². The quantitative estimate of drug-likeness (QED) is 0.463. The van der Waals surface area contributed by atoms with Gasteiger partial charge < -0.3 is 4.90 Å². The molecule has 1 aliphatic heterocycles. The summed E-state index contributed by atoms with van der Waals surface area (Å²) >= 11 is 0.945. The topological polar surface area (TPSA) is 68.1 Å². The van der Waals surface area contributed by atoms with Gasteiger partial charge in [-0.25, -0.2) is 9.97 Å². The Morgan fingerprint density at radius 3 is 2.67 bits per heavy atom. The molecule has 0 aliphatic carbocycles. The number of hydrogen-bond acceptors (Lipinski definition) is 6. The average Bonchev–Trinajstić information content (AvgIpc) is 3.44. The van der Waals surface area contributed by atoms with E-state index >= 15 is 0 Å². The van der Waals surface area contributed by atoms with Crippen molar-refractivity contribution in [1.82, 2.24) is 14.5 Å². The zero-order valence-corrected chi connectivity index (χ0v) is 19.1. The number of Topliss-reactive ketones (excluding diaryl/α,β-unsaturated/α-hetero) is 1. The minimum absolute atomic E-state index is 0.0440. The van der Waals surface area contributed by atoms with Gasteiger partial charge in [0.15, 0.2) is 21.3 Å². The van der Waals surface area contributed by atoms with Crippen LogP contribution in [0.5, 0.6) is 0 Å². The second-order valence-corrected chi connectivity index (χ2v) is 9.15. The highest BCUT2D eigenvalue weighted by molar-refractivity contribution is 7.21. The lowest BCUT2D eigenvalue weighted by molar-refractivity contribution is -0.148. The summed E-state index contributed by atoms with van der Waals surface area (Å²) in [5.41, 5.74) is 0.225. The molecule has 6 nitrogen and oxygen atoms in total. The molecule has 3 heterocycles. The predicted molar refractivity (Wildman–Crippen MR) is 122 cm³/mol. The molecule has 1 atom stereocenters. The number of hydrogen-bond donors (Lipinski definition) is 0. The van der Waals surface area contributed by atoms with E-state index in [-0.39, 0.29) is 22.7 Å². The van der Waals surface area contributed by atoms with Crippen molar-refractivity contribution in [3.05, 3.63) is 52.1 Å². The number of benzene rings is 1. The molecule has 4 rings (SSSR count). The van der Waals surface area contributed by atoms with Crippen molar-refractivity contribution in [2.24, 2.45) is 0 Å². The molecule has 0 unspecified atom stereocenters. The summed E-state index contributed by atoms with van der Waals surface area (Å²) in [6, 6.07) is 9.34. The molecule has 0 saturated carbocycles. The number of thiazole rings is 1. The first-order chi connectivity index (χ1) is 15.8. The Balaban J connectivity index is 1.62. The summed E-state index contributed by atoms with van der Waals surface area (Å²) in [5.74, 6) is -1.12. The zero-order valence-electron chi connectivity index (χ0n) is 18.3. The molecular formula is C23H25F3N4O2S. The van der Waals surface area contributed by atoms with E-state index in [1.807, 2.05) is 42.2 Å². The summed E-state index contributed by atoms with van der Waals surface area (Å²) in [6.07, 6.45) is -1.24. The number of halogens is 3. The fraction of sp³-hybridized carbons (Fsp3) is 0.478. The van der Waals surface area contributed by atoms with Crippen molar-refractivity contribution >= 4 is 32.6 Å². The van der Waals surface area contributed by atoms with Crippen LogP contribution in [0.1, 0.15) is 50.4 Å². The number of carbonyl (C=O) groups is 1. The van der Waals surface area contributed by atoms with E-state index in [1.165, 1.54) is 0 Å². The Kier molecular flexibility index (Phi) is 6.83. The van der Waals surface area contributed by atoms with Gasteiger partial charge in [-0.2, -0.15) is 13.2 Å². The van der Waals surface area contributed by atoms with Gasteiger partial charge in [0.25, 0.3) is 5.56 Å². The molecule has 10 heteroatoms. The maximum atomic E-state index is 13.6. The zero-order chi connectivity index (χ0) is 23.6. The molecule has 2 aromatic heterocycles. The molecule has 1 aliphatic rings. The molecular weight excluding hydrogens is 453 g/mol. The molecule has 3 aromatic rings. The summed E-state index contributed by atoms with van der Waals surface area (Å²) in [7, 11) is 0. The number of carbonyl (C=O) groups excluding carboxylic acids is 1. The molecule has 0 spiro atoms. The fourth-order valence-corrected chi connectivity index (χ4v) is 5.18. The van der Waals surface area contributed by atoms with Crippen LogP contribution in [-0.2, 0) is 23.9 Å². The largest absolute Gasteiger partial charge is 0.449 e. The lowest BCUT2D eigenvalue weighted by Gasteiger charge is -2.22. The van der Waals surface area contributed by atoms with Crippen LogP contribution in [0.4, 0.5) is 18.3 Å². The first-order valence-electron chi connectivity index (χ1n) is 11.1. The minimum Gasteiger partial charge on any atom is -0.338 e. The van der Waals surface area contributed by atoms with E-state index < -0.39 is 23.6 Å². The van der Waals surface area contributed by atoms with Gasteiger partial charge in [-0.05, 0) is 31.2 Å². The number of aromatic nitrogens is 3. The average molecular weight is 479 g/mol. The molecule has 0 amide bonds. The van der Waals surface area contributed by atoms with Crippen LogP contribution in [0, 0.1) is 0 Å². The predicted octanol–water partition coefficient (Wildman–Crippen LogP) is 4.84. The number of anilines is 1. The second kappa shape index (κ2) is 9.62. The van der Waals surface area contributed by atoms with Crippen LogP contribution >= 0.6 is 11.3 Å². The molecule has 176 valence electrons.